The van der Waals surface area contributed by atoms with Crippen LogP contribution in [0.5, 0.6) is 0 Å². The molecular weight excluding hydrogens is 929 g/mol. The highest BCUT2D eigenvalue weighted by atomic mass is 32.2. The van der Waals surface area contributed by atoms with Crippen LogP contribution in [0.4, 0.5) is 0 Å². The Balaban J connectivity index is 1.24. The number of aliphatic hydroxyl groups is 1. The average molecular weight is 1010 g/mol. The number of nitrogens with zero attached hydrogens (tertiary/aromatic N) is 2. The SMILES string of the molecule is CN[C@@H](C)C(=O)NC(C(=O)N1Cc2cc(C3C[C@@H](C(=O)NC4CCCc5ccccc54)N(C(=O)[C@@H](NC(=O)[C@H](C)NC)C(C)(C)C)C3)ccc2C[C@H]1C(=O)NC1CCCc2ccccc21)C(C)(C)SCCO. The number of carbonyl (C=O) groups excluding carboxylic acids is 6. The van der Waals surface area contributed by atoms with E-state index in [1.165, 1.54) is 22.9 Å². The number of rotatable bonds is 17. The number of hydrogen-bond acceptors (Lipinski definition) is 10. The van der Waals surface area contributed by atoms with Gasteiger partial charge < -0.3 is 46.8 Å². The zero-order valence-corrected chi connectivity index (χ0v) is 44.5. The van der Waals surface area contributed by atoms with E-state index in [1.807, 2.05) is 77.1 Å². The Hall–Kier alpha value is -5.29. The number of hydrogen-bond donors (Lipinski definition) is 7. The molecule has 15 nitrogen and oxygen atoms in total. The Kier molecular flexibility index (Phi) is 17.6. The minimum absolute atomic E-state index is 0.0677. The van der Waals surface area contributed by atoms with E-state index in [-0.39, 0.29) is 73.7 Å². The van der Waals surface area contributed by atoms with E-state index in [1.54, 1.807) is 37.7 Å². The molecular formula is C56H78N8O7S. The number of likely N-dealkylation sites (N-methyl/N-ethyl adjacent to an activating group) is 2. The molecule has 6 amide bonds. The zero-order chi connectivity index (χ0) is 52.1. The van der Waals surface area contributed by atoms with Gasteiger partial charge in [0.15, 0.2) is 0 Å². The summed E-state index contributed by atoms with van der Waals surface area (Å²) in [6.45, 7) is 13.1. The average Bonchev–Trinajstić information content (AvgIpc) is 3.83. The van der Waals surface area contributed by atoms with Crippen molar-refractivity contribution in [3.8, 4) is 0 Å². The molecule has 390 valence electrons. The molecule has 4 aliphatic rings. The molecule has 0 spiro atoms. The van der Waals surface area contributed by atoms with Crippen LogP contribution in [0.1, 0.15) is 138 Å². The van der Waals surface area contributed by atoms with Gasteiger partial charge in [-0.3, -0.25) is 28.8 Å². The number of amides is 6. The highest BCUT2D eigenvalue weighted by molar-refractivity contribution is 8.00. The predicted octanol–water partition coefficient (Wildman–Crippen LogP) is 4.75. The monoisotopic (exact) mass is 1010 g/mol. The summed E-state index contributed by atoms with van der Waals surface area (Å²) >= 11 is 1.37. The maximum absolute atomic E-state index is 15.4. The van der Waals surface area contributed by atoms with Gasteiger partial charge in [0.05, 0.1) is 30.8 Å². The molecule has 4 unspecified atom stereocenters. The Labute approximate surface area is 430 Å². The Morgan fingerprint density at radius 2 is 1.21 bits per heavy atom. The van der Waals surface area contributed by atoms with Gasteiger partial charge in [-0.05, 0) is 131 Å². The summed E-state index contributed by atoms with van der Waals surface area (Å²) in [5.74, 6) is -1.93. The van der Waals surface area contributed by atoms with E-state index in [2.05, 4.69) is 56.2 Å². The fourth-order valence-electron chi connectivity index (χ4n) is 10.9. The van der Waals surface area contributed by atoms with E-state index in [0.717, 1.165) is 66.3 Å². The van der Waals surface area contributed by atoms with Crippen molar-refractivity contribution in [1.82, 2.24) is 41.7 Å². The summed E-state index contributed by atoms with van der Waals surface area (Å²) in [5, 5.41) is 28.5. The van der Waals surface area contributed by atoms with Gasteiger partial charge in [0.2, 0.25) is 35.4 Å². The molecule has 9 atom stereocenters. The van der Waals surface area contributed by atoms with Crippen molar-refractivity contribution in [2.45, 2.75) is 165 Å². The number of aryl methyl sites for hydroxylation is 2. The van der Waals surface area contributed by atoms with Crippen molar-refractivity contribution in [3.63, 3.8) is 0 Å². The van der Waals surface area contributed by atoms with Crippen molar-refractivity contribution in [2.24, 2.45) is 5.41 Å². The maximum Gasteiger partial charge on any atom is 0.247 e. The van der Waals surface area contributed by atoms with Gasteiger partial charge >= 0.3 is 0 Å². The van der Waals surface area contributed by atoms with Crippen LogP contribution in [0.3, 0.4) is 0 Å². The standard InChI is InChI=1S/C56H78N8O7S/c1-33(57-8)49(66)61-47(55(3,4)5)53(70)63-32-40(30-46(63)52(69)60-44-23-15-19-36-17-11-13-21-42(36)44)37-24-25-38-29-45(51(68)59-43-22-14-18-35-16-10-12-20-41(35)43)64(31-39(38)28-37)54(71)48(56(6,7)72-27-26-65)62-50(67)34(2)58-9/h10-13,16-17,20-21,24-25,28,33-34,40,43-48,57-58,65H,14-15,18-19,22-23,26-27,29-32H2,1-9H3,(H,59,68)(H,60,69)(H,61,66)(H,62,67)/t33-,34-,40?,43?,44?,45-,46-,47+,48?/m0/s1. The van der Waals surface area contributed by atoms with Crippen LogP contribution >= 0.6 is 11.8 Å². The first-order valence-corrected chi connectivity index (χ1v) is 26.9. The lowest BCUT2D eigenvalue weighted by Crippen LogP contribution is -2.63. The molecule has 2 aliphatic carbocycles. The smallest absolute Gasteiger partial charge is 0.247 e. The molecule has 3 aromatic rings. The van der Waals surface area contributed by atoms with Crippen LogP contribution in [0.15, 0.2) is 66.7 Å². The van der Waals surface area contributed by atoms with Gasteiger partial charge in [0.25, 0.3) is 0 Å². The van der Waals surface area contributed by atoms with Gasteiger partial charge in [0.1, 0.15) is 24.2 Å². The lowest BCUT2D eigenvalue weighted by Gasteiger charge is -2.42. The topological polar surface area (TPSA) is 201 Å². The van der Waals surface area contributed by atoms with E-state index < -0.39 is 52.3 Å². The minimum Gasteiger partial charge on any atom is -0.396 e. The normalized spacial score (nSPS) is 22.5. The molecule has 7 rings (SSSR count). The number of fused-ring (bicyclic) bond motifs is 3. The van der Waals surface area contributed by atoms with Crippen molar-refractivity contribution in [2.75, 3.05) is 33.0 Å². The van der Waals surface area contributed by atoms with Crippen molar-refractivity contribution >= 4 is 47.2 Å². The summed E-state index contributed by atoms with van der Waals surface area (Å²) in [6, 6.07) is 17.1. The van der Waals surface area contributed by atoms with E-state index in [9.17, 15) is 24.3 Å². The lowest BCUT2D eigenvalue weighted by atomic mass is 9.85. The second kappa shape index (κ2) is 23.3. The van der Waals surface area contributed by atoms with Crippen LogP contribution in [0, 0.1) is 5.41 Å². The van der Waals surface area contributed by atoms with Crippen LogP contribution in [-0.2, 0) is 54.6 Å². The highest BCUT2D eigenvalue weighted by Gasteiger charge is 2.48. The predicted molar refractivity (Wildman–Crippen MR) is 282 cm³/mol. The molecule has 1 saturated heterocycles. The van der Waals surface area contributed by atoms with Crippen molar-refractivity contribution in [1.29, 1.82) is 0 Å². The molecule has 72 heavy (non-hydrogen) atoms. The van der Waals surface area contributed by atoms with E-state index >= 15 is 9.59 Å². The molecule has 16 heteroatoms. The number of nitrogens with one attached hydrogen (secondary N) is 6. The minimum atomic E-state index is -1.06. The fourth-order valence-corrected chi connectivity index (χ4v) is 11.9. The molecule has 2 aliphatic heterocycles. The van der Waals surface area contributed by atoms with Gasteiger partial charge in [-0.25, -0.2) is 0 Å². The first kappa shape index (κ1) is 54.5. The largest absolute Gasteiger partial charge is 0.396 e. The van der Waals surface area contributed by atoms with Crippen molar-refractivity contribution < 1.29 is 33.9 Å². The first-order valence-electron chi connectivity index (χ1n) is 25.9. The Morgan fingerprint density at radius 3 is 1.75 bits per heavy atom. The third kappa shape index (κ3) is 12.2. The number of benzene rings is 3. The van der Waals surface area contributed by atoms with E-state index in [0.29, 0.717) is 12.2 Å². The van der Waals surface area contributed by atoms with Gasteiger partial charge in [-0.15, -0.1) is 0 Å². The summed E-state index contributed by atoms with van der Waals surface area (Å²) in [7, 11) is 3.36. The molecule has 2 heterocycles. The molecule has 0 radical (unpaired) electrons. The van der Waals surface area contributed by atoms with Gasteiger partial charge in [0, 0.05) is 35.9 Å². The van der Waals surface area contributed by atoms with Gasteiger partial charge in [-0.1, -0.05) is 87.5 Å². The summed E-state index contributed by atoms with van der Waals surface area (Å²) < 4.78 is -0.890. The molecule has 0 bridgehead atoms. The van der Waals surface area contributed by atoms with Gasteiger partial charge in [-0.2, -0.15) is 11.8 Å². The quantitative estimate of drug-likeness (QED) is 0.0991. The fraction of sp³-hybridized carbons (Fsp3) is 0.571. The molecule has 7 N–H and O–H groups in total. The van der Waals surface area contributed by atoms with Crippen molar-refractivity contribution in [3.05, 3.63) is 106 Å². The second-order valence-electron chi connectivity index (χ2n) is 21.9. The van der Waals surface area contributed by atoms with Crippen LogP contribution < -0.4 is 31.9 Å². The molecule has 1 fully saturated rings. The molecule has 0 aromatic heterocycles. The summed E-state index contributed by atoms with van der Waals surface area (Å²) in [4.78, 5) is 90.2. The Morgan fingerprint density at radius 1 is 0.681 bits per heavy atom. The number of aliphatic hydroxyl groups excluding tert-OH is 1. The van der Waals surface area contributed by atoms with Crippen LogP contribution in [0.2, 0.25) is 0 Å². The molecule has 3 aromatic carbocycles. The lowest BCUT2D eigenvalue weighted by molar-refractivity contribution is -0.145. The van der Waals surface area contributed by atoms with Crippen LogP contribution in [-0.4, -0.2) is 124 Å². The summed E-state index contributed by atoms with van der Waals surface area (Å²) in [6.07, 6.45) is 5.79. The maximum atomic E-state index is 15.4. The second-order valence-corrected chi connectivity index (χ2v) is 23.7. The third-order valence-electron chi connectivity index (χ3n) is 15.5. The highest BCUT2D eigenvalue weighted by Crippen LogP contribution is 2.39. The van der Waals surface area contributed by atoms with Crippen LogP contribution in [0.25, 0.3) is 0 Å². The third-order valence-corrected chi connectivity index (χ3v) is 16.9. The summed E-state index contributed by atoms with van der Waals surface area (Å²) in [5.41, 5.74) is 6.47. The number of thioether (sulfide) groups is 1. The first-order chi connectivity index (χ1) is 34.3. The number of likely N-dealkylation sites (tertiary alicyclic amines) is 1. The molecule has 0 saturated carbocycles. The van der Waals surface area contributed by atoms with E-state index in [4.69, 9.17) is 0 Å². The Bertz CT molecular complexity index is 2480. The zero-order valence-electron chi connectivity index (χ0n) is 43.7. The number of carbonyl (C=O) groups is 6.